The van der Waals surface area contributed by atoms with E-state index in [0.29, 0.717) is 19.3 Å². The molecule has 0 saturated carbocycles. The third-order valence-electron chi connectivity index (χ3n) is 7.01. The first-order valence-electron chi connectivity index (χ1n) is 13.1. The first-order valence-corrected chi connectivity index (χ1v) is 14.5. The molecule has 1 saturated heterocycles. The van der Waals surface area contributed by atoms with Crippen molar-refractivity contribution in [1.82, 2.24) is 14.6 Å². The van der Waals surface area contributed by atoms with Gasteiger partial charge in [0.1, 0.15) is 0 Å². The van der Waals surface area contributed by atoms with Crippen LogP contribution in [0.4, 0.5) is 0 Å². The van der Waals surface area contributed by atoms with Crippen LogP contribution in [0.2, 0.25) is 0 Å². The van der Waals surface area contributed by atoms with Crippen molar-refractivity contribution in [2.24, 2.45) is 5.92 Å². The summed E-state index contributed by atoms with van der Waals surface area (Å²) in [6.45, 7) is 5.62. The predicted octanol–water partition coefficient (Wildman–Crippen LogP) is 4.81. The van der Waals surface area contributed by atoms with Gasteiger partial charge >= 0.3 is 0 Å². The van der Waals surface area contributed by atoms with E-state index in [2.05, 4.69) is 24.1 Å². The minimum atomic E-state index is -3.94. The fraction of sp³-hybridized carbons (Fsp3) is 0.367. The van der Waals surface area contributed by atoms with Crippen LogP contribution in [0, 0.1) is 5.92 Å². The van der Waals surface area contributed by atoms with Gasteiger partial charge in [0.2, 0.25) is 5.91 Å². The van der Waals surface area contributed by atoms with Gasteiger partial charge in [0.25, 0.3) is 10.0 Å². The van der Waals surface area contributed by atoms with Crippen molar-refractivity contribution in [3.05, 3.63) is 84.6 Å². The average Bonchev–Trinajstić information content (AvgIpc) is 3.06. The molecule has 2 aromatic carbocycles. The van der Waals surface area contributed by atoms with Crippen LogP contribution in [0.25, 0.3) is 11.1 Å². The summed E-state index contributed by atoms with van der Waals surface area (Å²) in [5.41, 5.74) is 2.99. The van der Waals surface area contributed by atoms with Crippen LogP contribution in [-0.4, -0.2) is 48.0 Å². The van der Waals surface area contributed by atoms with E-state index in [-0.39, 0.29) is 29.2 Å². The minimum Gasteiger partial charge on any atom is -0.346 e. The number of hydrogen-bond acceptors (Lipinski definition) is 5. The van der Waals surface area contributed by atoms with Crippen molar-refractivity contribution >= 4 is 21.7 Å². The quantitative estimate of drug-likeness (QED) is 0.449. The van der Waals surface area contributed by atoms with E-state index >= 15 is 0 Å². The maximum atomic E-state index is 13.6. The van der Waals surface area contributed by atoms with Gasteiger partial charge < -0.3 is 5.32 Å². The number of benzene rings is 2. The molecule has 7 nitrogen and oxygen atoms in total. The molecule has 0 aliphatic carbocycles. The van der Waals surface area contributed by atoms with Gasteiger partial charge in [-0.2, -0.15) is 4.31 Å². The Balaban J connectivity index is 1.54. The van der Waals surface area contributed by atoms with Gasteiger partial charge in [-0.3, -0.25) is 9.59 Å². The lowest BCUT2D eigenvalue weighted by Crippen LogP contribution is -2.46. The van der Waals surface area contributed by atoms with Crippen LogP contribution in [0.3, 0.4) is 0 Å². The number of sulfonamides is 1. The lowest BCUT2D eigenvalue weighted by molar-refractivity contribution is -0.128. The summed E-state index contributed by atoms with van der Waals surface area (Å²) in [7, 11) is -3.94. The highest BCUT2D eigenvalue weighted by molar-refractivity contribution is 7.89. The molecule has 8 heteroatoms. The molecular formula is C30H35N3O4S. The molecular weight excluding hydrogens is 498 g/mol. The SMILES string of the molecule is CC(C)C[C@H](C(=O)N[C@H]1CC[C@@H](C)N(S(=O)(=O)c2ccccn2)CC1=O)c1cccc(-c2ccccc2)c1. The first-order chi connectivity index (χ1) is 18.2. The summed E-state index contributed by atoms with van der Waals surface area (Å²) in [6, 6.07) is 21.5. The number of rotatable bonds is 8. The number of nitrogens with one attached hydrogen (secondary N) is 1. The molecule has 1 fully saturated rings. The average molecular weight is 534 g/mol. The third kappa shape index (κ3) is 6.37. The molecule has 1 amide bonds. The molecule has 1 aromatic heterocycles. The zero-order chi connectivity index (χ0) is 27.3. The lowest BCUT2D eigenvalue weighted by Gasteiger charge is -2.25. The van der Waals surface area contributed by atoms with E-state index in [0.717, 1.165) is 16.7 Å². The number of nitrogens with zero attached hydrogens (tertiary/aromatic N) is 2. The van der Waals surface area contributed by atoms with Gasteiger partial charge in [0.05, 0.1) is 18.5 Å². The van der Waals surface area contributed by atoms with Gasteiger partial charge in [-0.1, -0.05) is 74.5 Å². The van der Waals surface area contributed by atoms with Crippen molar-refractivity contribution in [2.45, 2.75) is 63.1 Å². The van der Waals surface area contributed by atoms with E-state index in [1.54, 1.807) is 19.1 Å². The van der Waals surface area contributed by atoms with Gasteiger partial charge in [0.15, 0.2) is 10.8 Å². The van der Waals surface area contributed by atoms with Crippen molar-refractivity contribution in [1.29, 1.82) is 0 Å². The second-order valence-electron chi connectivity index (χ2n) is 10.3. The Kier molecular flexibility index (Phi) is 8.74. The summed E-state index contributed by atoms with van der Waals surface area (Å²) in [4.78, 5) is 30.9. The molecule has 200 valence electrons. The molecule has 1 aliphatic heterocycles. The smallest absolute Gasteiger partial charge is 0.261 e. The van der Waals surface area contributed by atoms with Crippen molar-refractivity contribution in [2.75, 3.05) is 6.54 Å². The Labute approximate surface area is 225 Å². The van der Waals surface area contributed by atoms with Gasteiger partial charge in [0, 0.05) is 12.2 Å². The third-order valence-corrected chi connectivity index (χ3v) is 8.89. The lowest BCUT2D eigenvalue weighted by atomic mass is 9.87. The van der Waals surface area contributed by atoms with E-state index < -0.39 is 28.0 Å². The number of ketones is 1. The molecule has 0 bridgehead atoms. The van der Waals surface area contributed by atoms with Crippen molar-refractivity contribution in [3.63, 3.8) is 0 Å². The van der Waals surface area contributed by atoms with Crippen LogP contribution in [0.1, 0.15) is 51.5 Å². The maximum Gasteiger partial charge on any atom is 0.261 e. The fourth-order valence-electron chi connectivity index (χ4n) is 4.93. The Morgan fingerprint density at radius 3 is 2.39 bits per heavy atom. The normalized spacial score (nSPS) is 19.6. The molecule has 3 aromatic rings. The van der Waals surface area contributed by atoms with Crippen molar-refractivity contribution in [3.8, 4) is 11.1 Å². The molecule has 38 heavy (non-hydrogen) atoms. The number of carbonyl (C=O) groups excluding carboxylic acids is 2. The number of Topliss-reactive ketones (excluding diaryl/α,β-unsaturated/α-hetero) is 1. The first kappa shape index (κ1) is 27.7. The van der Waals surface area contributed by atoms with E-state index in [1.807, 2.05) is 54.6 Å². The van der Waals surface area contributed by atoms with Gasteiger partial charge in [-0.15, -0.1) is 0 Å². The molecule has 0 spiro atoms. The number of carbonyl (C=O) groups is 2. The Hall–Kier alpha value is -3.36. The molecule has 0 unspecified atom stereocenters. The predicted molar refractivity (Wildman–Crippen MR) is 148 cm³/mol. The second-order valence-corrected chi connectivity index (χ2v) is 12.2. The largest absolute Gasteiger partial charge is 0.346 e. The number of amides is 1. The van der Waals surface area contributed by atoms with Crippen LogP contribution in [0.15, 0.2) is 84.0 Å². The molecule has 1 N–H and O–H groups in total. The minimum absolute atomic E-state index is 0.0857. The Bertz CT molecular complexity index is 1360. The highest BCUT2D eigenvalue weighted by atomic mass is 32.2. The maximum absolute atomic E-state index is 13.6. The number of pyridine rings is 1. The molecule has 2 heterocycles. The van der Waals surface area contributed by atoms with Crippen molar-refractivity contribution < 1.29 is 18.0 Å². The standard InChI is InChI=1S/C30H35N3O4S/c1-21(2)18-26(25-13-9-12-24(19-25)23-10-5-4-6-11-23)30(35)32-27-16-15-22(3)33(20-28(27)34)38(36,37)29-14-7-8-17-31-29/h4-14,17,19,21-22,26-27H,15-16,18,20H2,1-3H3,(H,32,35)/t22-,26+,27+/m1/s1. The summed E-state index contributed by atoms with van der Waals surface area (Å²) >= 11 is 0. The van der Waals surface area contributed by atoms with Crippen LogP contribution < -0.4 is 5.32 Å². The Morgan fingerprint density at radius 2 is 1.71 bits per heavy atom. The van der Waals surface area contributed by atoms with Gasteiger partial charge in [-0.05, 0) is 60.9 Å². The molecule has 4 rings (SSSR count). The van der Waals surface area contributed by atoms with Gasteiger partial charge in [-0.25, -0.2) is 13.4 Å². The van der Waals surface area contributed by atoms with E-state index in [9.17, 15) is 18.0 Å². The van der Waals surface area contributed by atoms with E-state index in [4.69, 9.17) is 0 Å². The van der Waals surface area contributed by atoms with Crippen LogP contribution in [0.5, 0.6) is 0 Å². The zero-order valence-corrected chi connectivity index (χ0v) is 22.9. The second kappa shape index (κ2) is 12.0. The zero-order valence-electron chi connectivity index (χ0n) is 22.1. The summed E-state index contributed by atoms with van der Waals surface area (Å²) in [6.07, 6.45) is 2.86. The number of hydrogen-bond donors (Lipinski definition) is 1. The summed E-state index contributed by atoms with van der Waals surface area (Å²) in [5.74, 6) is -0.699. The highest BCUT2D eigenvalue weighted by Gasteiger charge is 2.38. The Morgan fingerprint density at radius 1 is 1.00 bits per heavy atom. The summed E-state index contributed by atoms with van der Waals surface area (Å²) < 4.78 is 27.6. The molecule has 3 atom stereocenters. The molecule has 1 aliphatic rings. The number of aromatic nitrogens is 1. The van der Waals surface area contributed by atoms with E-state index in [1.165, 1.54) is 16.6 Å². The van der Waals surface area contributed by atoms with Crippen LogP contribution in [-0.2, 0) is 19.6 Å². The molecule has 0 radical (unpaired) electrons. The fourth-order valence-corrected chi connectivity index (χ4v) is 6.49. The summed E-state index contributed by atoms with van der Waals surface area (Å²) in [5, 5.41) is 2.89. The topological polar surface area (TPSA) is 96.4 Å². The highest BCUT2D eigenvalue weighted by Crippen LogP contribution is 2.29. The van der Waals surface area contributed by atoms with Crippen LogP contribution >= 0.6 is 0 Å². The monoisotopic (exact) mass is 533 g/mol.